The van der Waals surface area contributed by atoms with Gasteiger partial charge in [-0.15, -0.1) is 0 Å². The number of benzene rings is 3. The number of hydrogen-bond acceptors (Lipinski definition) is 20. The number of anilines is 3. The smallest absolute Gasteiger partial charge is 0.337 e. The molecule has 0 aliphatic heterocycles. The highest BCUT2D eigenvalue weighted by Crippen LogP contribution is 2.41. The number of carboxylic acids is 1. The number of primary sulfonamides is 1. The van der Waals surface area contributed by atoms with Crippen molar-refractivity contribution in [1.29, 1.82) is 0 Å². The number of furan rings is 1. The van der Waals surface area contributed by atoms with Crippen molar-refractivity contribution in [2.45, 2.75) is 55.8 Å². The fourth-order valence-electron chi connectivity index (χ4n) is 6.95. The molecule has 4 aromatic rings. The first-order chi connectivity index (χ1) is 38.8. The highest BCUT2D eigenvalue weighted by molar-refractivity contribution is 14.1. The molecule has 4 rings (SSSR count). The average molecular weight is 1880 g/mol. The second-order valence-electron chi connectivity index (χ2n) is 17.3. The zero-order valence-corrected chi connectivity index (χ0v) is 57.6. The lowest BCUT2D eigenvalue weighted by Gasteiger charge is -2.32. The summed E-state index contributed by atoms with van der Waals surface area (Å²) in [5, 5.41) is 115. The van der Waals surface area contributed by atoms with Crippen LogP contribution in [0.15, 0.2) is 39.8 Å². The zero-order chi connectivity index (χ0) is 63.0. The van der Waals surface area contributed by atoms with Crippen molar-refractivity contribution in [2.75, 3.05) is 80.8 Å². The van der Waals surface area contributed by atoms with Gasteiger partial charge in [-0.3, -0.25) is 28.8 Å². The third kappa shape index (κ3) is 20.7. The summed E-state index contributed by atoms with van der Waals surface area (Å²) in [5.41, 5.74) is -0.607. The van der Waals surface area contributed by atoms with E-state index in [2.05, 4.69) is 26.6 Å². The first-order valence-electron chi connectivity index (χ1n) is 23.6. The fraction of sp³-hybridized carbons (Fsp3) is 0.383. The van der Waals surface area contributed by atoms with Gasteiger partial charge in [-0.05, 0) is 160 Å². The average Bonchev–Trinajstić information content (AvgIpc) is 3.76. The Balaban J connectivity index is 0.000000713. The third-order valence-corrected chi connectivity index (χ3v) is 18.8. The number of sulfonamides is 1. The normalized spacial score (nSPS) is 13.0. The molecule has 36 heteroatoms. The highest BCUT2D eigenvalue weighted by atomic mass is 127. The molecule has 0 saturated heterocycles. The molecule has 0 bridgehead atoms. The molecule has 1 aromatic heterocycles. The Labute approximate surface area is 560 Å². The maximum atomic E-state index is 13.6. The van der Waals surface area contributed by atoms with Crippen molar-refractivity contribution < 1.29 is 97.5 Å². The van der Waals surface area contributed by atoms with Crippen LogP contribution in [0.1, 0.15) is 71.4 Å². The van der Waals surface area contributed by atoms with E-state index >= 15 is 0 Å². The Bertz CT molecular complexity index is 2910. The topological polar surface area (TPSA) is 462 Å². The minimum Gasteiger partial charge on any atom is -0.478 e. The molecule has 0 spiro atoms. The van der Waals surface area contributed by atoms with E-state index in [0.717, 1.165) is 29.7 Å². The molecular weight excluding hydrogens is 1830 g/mol. The van der Waals surface area contributed by atoms with Crippen molar-refractivity contribution >= 4 is 216 Å². The Hall–Kier alpha value is -2.75. The van der Waals surface area contributed by atoms with E-state index in [9.17, 15) is 87.9 Å². The number of aliphatic hydroxyl groups excluding tert-OH is 9. The Kier molecular flexibility index (Phi) is 31.2. The van der Waals surface area contributed by atoms with Gasteiger partial charge in [0.05, 0.1) is 147 Å². The molecule has 0 aliphatic rings. The lowest BCUT2D eigenvalue weighted by Crippen LogP contribution is -2.45. The van der Waals surface area contributed by atoms with Crippen molar-refractivity contribution in [3.8, 4) is 0 Å². The number of rotatable bonds is 27. The van der Waals surface area contributed by atoms with Gasteiger partial charge in [-0.1, -0.05) is 11.6 Å². The maximum Gasteiger partial charge on any atom is 0.337 e. The van der Waals surface area contributed by atoms with Crippen LogP contribution in [0.2, 0.25) is 5.02 Å². The summed E-state index contributed by atoms with van der Waals surface area (Å²) < 4.78 is 28.5. The summed E-state index contributed by atoms with van der Waals surface area (Å²) in [6.07, 6.45) is -5.47. The lowest BCUT2D eigenvalue weighted by molar-refractivity contribution is -0.117. The van der Waals surface area contributed by atoms with E-state index < -0.39 is 126 Å². The molecule has 458 valence electrons. The molecule has 0 aliphatic carbocycles. The SMILES string of the molecule is CC(=O)N(CC(O)CN(C(C)=O)c1c(I)c(C(=O)NCC(O)CO)c(I)c(C(=O)NCC(O)CO)c1I)c1c(I)c(C(=O)NCC(O)CO)c(I)c(C(=O)NCC(O)CO)c1I.NS(=O)(=O)c1cc(C(=O)O)c(NCc2ccco2)cc1Cl. The van der Waals surface area contributed by atoms with E-state index in [1.807, 2.05) is 0 Å². The Morgan fingerprint density at radius 1 is 0.590 bits per heavy atom. The number of nitrogens with one attached hydrogen (secondary N) is 5. The van der Waals surface area contributed by atoms with E-state index in [4.69, 9.17) is 26.3 Å². The van der Waals surface area contributed by atoms with Crippen LogP contribution >= 0.6 is 147 Å². The van der Waals surface area contributed by atoms with Crippen molar-refractivity contribution in [3.05, 3.63) is 90.5 Å². The van der Waals surface area contributed by atoms with Gasteiger partial charge in [0.2, 0.25) is 21.8 Å². The molecule has 28 nitrogen and oxygen atoms in total. The van der Waals surface area contributed by atoms with Gasteiger partial charge in [0.25, 0.3) is 23.6 Å². The van der Waals surface area contributed by atoms with Crippen molar-refractivity contribution in [1.82, 2.24) is 21.3 Å². The van der Waals surface area contributed by atoms with Crippen LogP contribution < -0.4 is 41.5 Å². The Morgan fingerprint density at radius 3 is 1.19 bits per heavy atom. The van der Waals surface area contributed by atoms with Gasteiger partial charge in [0.15, 0.2) is 0 Å². The number of nitrogens with zero attached hydrogens (tertiary/aromatic N) is 2. The van der Waals surface area contributed by atoms with Crippen molar-refractivity contribution in [3.63, 3.8) is 0 Å². The minimum atomic E-state index is -4.11. The quantitative estimate of drug-likeness (QED) is 0.0357. The predicted molar refractivity (Wildman–Crippen MR) is 349 cm³/mol. The van der Waals surface area contributed by atoms with E-state index in [1.165, 1.54) is 12.3 Å². The van der Waals surface area contributed by atoms with Gasteiger partial charge in [-0.2, -0.15) is 0 Å². The zero-order valence-electron chi connectivity index (χ0n) is 43.1. The largest absolute Gasteiger partial charge is 0.478 e. The van der Waals surface area contributed by atoms with Crippen molar-refractivity contribution in [2.24, 2.45) is 5.14 Å². The molecule has 6 amide bonds. The van der Waals surface area contributed by atoms with E-state index in [1.54, 1.807) is 148 Å². The molecular formula is C47H55ClI6N8O20S. The van der Waals surface area contributed by atoms with Crippen LogP contribution in [0, 0.1) is 21.4 Å². The molecule has 0 radical (unpaired) electrons. The molecule has 17 N–H and O–H groups in total. The van der Waals surface area contributed by atoms with Crippen LogP contribution in [0.5, 0.6) is 0 Å². The third-order valence-electron chi connectivity index (χ3n) is 11.1. The summed E-state index contributed by atoms with van der Waals surface area (Å²) >= 11 is 16.5. The van der Waals surface area contributed by atoms with Crippen LogP contribution in [0.3, 0.4) is 0 Å². The second kappa shape index (κ2) is 34.7. The van der Waals surface area contributed by atoms with Gasteiger partial charge in [0.1, 0.15) is 10.7 Å². The summed E-state index contributed by atoms with van der Waals surface area (Å²) in [5.74, 6) is -5.33. The molecule has 83 heavy (non-hydrogen) atoms. The number of amides is 6. The number of carbonyl (C=O) groups is 7. The molecule has 4 atom stereocenters. The van der Waals surface area contributed by atoms with Gasteiger partial charge < -0.3 is 91.9 Å². The van der Waals surface area contributed by atoms with E-state index in [0.29, 0.717) is 5.76 Å². The predicted octanol–water partition coefficient (Wildman–Crippen LogP) is 0.304. The number of hydrogen-bond donors (Lipinski definition) is 16. The van der Waals surface area contributed by atoms with Gasteiger partial charge >= 0.3 is 5.97 Å². The summed E-state index contributed by atoms with van der Waals surface area (Å²) in [6.45, 7) is -2.87. The first kappa shape index (κ1) is 74.5. The summed E-state index contributed by atoms with van der Waals surface area (Å²) in [7, 11) is -4.11. The molecule has 3 aromatic carbocycles. The standard InChI is InChI=1S/C35H44I6N6O15.C12H11ClN2O5S/c1-13(52)46(30-26(38)20(32(59)42-3-15(54)9-48)24(36)21(27(30)39)33(60)43-4-16(55)10-49)7-19(58)8-47(14(2)53)31-28(40)22(34(61)44-5-17(56)11-50)25(37)23(29(31)41)35(62)45-6-18(57)12-51;13-9-5-10(15-6-7-2-1-3-20-7)8(12(16)17)4-11(9)21(14,18)19/h15-19,48-51,54-58H,3-12H2,1-2H3,(H,42,59)(H,43,60)(H,44,61)(H,45,62);1-5,15H,6H2,(H,16,17)(H2,14,18,19). The van der Waals surface area contributed by atoms with Crippen LogP contribution in [0.25, 0.3) is 0 Å². The number of nitrogens with two attached hydrogens (primary N) is 1. The molecule has 1 heterocycles. The minimum absolute atomic E-state index is 0.0141. The number of carbonyl (C=O) groups excluding carboxylic acids is 6. The van der Waals surface area contributed by atoms with Crippen LogP contribution in [-0.4, -0.2) is 197 Å². The maximum absolute atomic E-state index is 13.6. The van der Waals surface area contributed by atoms with Gasteiger partial charge in [0, 0.05) is 47.2 Å². The summed E-state index contributed by atoms with van der Waals surface area (Å²) in [4.78, 5) is 94.5. The number of carboxylic acid groups (broad SMARTS) is 1. The number of halogens is 7. The van der Waals surface area contributed by atoms with E-state index in [-0.39, 0.29) is 104 Å². The second-order valence-corrected chi connectivity index (χ2v) is 25.7. The Morgan fingerprint density at radius 2 is 0.928 bits per heavy atom. The van der Waals surface area contributed by atoms with Crippen LogP contribution in [-0.2, 0) is 26.2 Å². The number of aliphatic hydroxyl groups is 9. The van der Waals surface area contributed by atoms with Gasteiger partial charge in [-0.25, -0.2) is 18.4 Å². The number of aromatic carboxylic acids is 1. The monoisotopic (exact) mass is 1880 g/mol. The molecule has 0 fully saturated rings. The molecule has 0 saturated carbocycles. The highest BCUT2D eigenvalue weighted by Gasteiger charge is 2.36. The first-order valence-corrected chi connectivity index (χ1v) is 32.0. The lowest BCUT2D eigenvalue weighted by atomic mass is 10.1. The van der Waals surface area contributed by atoms with Crippen LogP contribution in [0.4, 0.5) is 17.1 Å². The summed E-state index contributed by atoms with van der Waals surface area (Å²) in [6, 6.07) is 5.51. The molecule has 4 unspecified atom stereocenters. The fourth-order valence-corrected chi connectivity index (χ4v) is 17.5.